The monoisotopic (exact) mass is 487 g/mol. The van der Waals surface area contributed by atoms with Gasteiger partial charge >= 0.3 is 0 Å². The van der Waals surface area contributed by atoms with Crippen molar-refractivity contribution in [3.05, 3.63) is 122 Å². The molecule has 0 atom stereocenters. The Morgan fingerprint density at radius 2 is 1.46 bits per heavy atom. The molecule has 0 aliphatic rings. The van der Waals surface area contributed by atoms with Gasteiger partial charge in [-0.15, -0.1) is 0 Å². The maximum atomic E-state index is 13.9. The molecule has 0 unspecified atom stereocenters. The fraction of sp³-hybridized carbons (Fsp3) is 0.100. The fourth-order valence-electron chi connectivity index (χ4n) is 4.96. The van der Waals surface area contributed by atoms with E-state index in [2.05, 4.69) is 11.1 Å². The summed E-state index contributed by atoms with van der Waals surface area (Å²) in [5.41, 5.74) is 4.72. The Morgan fingerprint density at radius 3 is 2.24 bits per heavy atom. The molecular weight excluding hydrogens is 462 g/mol. The number of fused-ring (bicyclic) bond motifs is 2. The lowest BCUT2D eigenvalue weighted by atomic mass is 10.1. The molecule has 182 valence electrons. The molecule has 0 fully saturated rings. The van der Waals surface area contributed by atoms with Crippen LogP contribution in [0.1, 0.15) is 22.8 Å². The number of nitrogens with one attached hydrogen (secondary N) is 1. The van der Waals surface area contributed by atoms with Gasteiger partial charge in [-0.25, -0.2) is 9.67 Å². The third-order valence-corrected chi connectivity index (χ3v) is 6.89. The van der Waals surface area contributed by atoms with E-state index in [-0.39, 0.29) is 16.8 Å². The number of hydrogen-bond acceptors (Lipinski definition) is 3. The van der Waals surface area contributed by atoms with E-state index in [1.165, 1.54) is 4.57 Å². The first-order valence-electron chi connectivity index (χ1n) is 12.1. The molecule has 37 heavy (non-hydrogen) atoms. The van der Waals surface area contributed by atoms with Crippen molar-refractivity contribution < 1.29 is 0 Å². The second-order valence-electron chi connectivity index (χ2n) is 9.08. The lowest BCUT2D eigenvalue weighted by Gasteiger charge is -2.10. The van der Waals surface area contributed by atoms with Crippen LogP contribution in [0.3, 0.4) is 0 Å². The second-order valence-corrected chi connectivity index (χ2v) is 9.08. The van der Waals surface area contributed by atoms with E-state index < -0.39 is 0 Å². The van der Waals surface area contributed by atoms with Gasteiger partial charge in [0.05, 0.1) is 22.3 Å². The van der Waals surface area contributed by atoms with Gasteiger partial charge in [-0.05, 0) is 56.3 Å². The molecule has 0 aliphatic heterocycles. The number of aromatic amines is 1. The summed E-state index contributed by atoms with van der Waals surface area (Å²) in [6.45, 7) is 3.86. The Hall–Kier alpha value is -4.91. The smallest absolute Gasteiger partial charge is 0.296 e. The molecule has 3 aromatic carbocycles. The van der Waals surface area contributed by atoms with E-state index in [4.69, 9.17) is 4.98 Å². The summed E-state index contributed by atoms with van der Waals surface area (Å²) in [6, 6.07) is 24.7. The molecule has 6 aromatic rings. The SMILES string of the molecule is Cc1[nH]c2ccccc2c1/C=C/c1nc2ccccc2c(=O)n1-c1c(C)n(C)n(-c2ccccc2)c1=O. The summed E-state index contributed by atoms with van der Waals surface area (Å²) in [5, 5.41) is 1.53. The topological polar surface area (TPSA) is 77.6 Å². The first kappa shape index (κ1) is 22.5. The van der Waals surface area contributed by atoms with Crippen molar-refractivity contribution in [3.63, 3.8) is 0 Å². The van der Waals surface area contributed by atoms with Gasteiger partial charge < -0.3 is 4.98 Å². The van der Waals surface area contributed by atoms with E-state index in [0.717, 1.165) is 27.8 Å². The lowest BCUT2D eigenvalue weighted by Crippen LogP contribution is -2.28. The number of benzene rings is 3. The zero-order valence-corrected chi connectivity index (χ0v) is 20.8. The molecule has 0 saturated carbocycles. The summed E-state index contributed by atoms with van der Waals surface area (Å²) < 4.78 is 4.79. The highest BCUT2D eigenvalue weighted by molar-refractivity contribution is 5.93. The largest absolute Gasteiger partial charge is 0.358 e. The van der Waals surface area contributed by atoms with E-state index >= 15 is 0 Å². The van der Waals surface area contributed by atoms with Gasteiger partial charge in [-0.3, -0.25) is 18.8 Å². The van der Waals surface area contributed by atoms with Crippen LogP contribution in [0, 0.1) is 13.8 Å². The molecule has 1 N–H and O–H groups in total. The molecule has 7 nitrogen and oxygen atoms in total. The molecule has 0 radical (unpaired) electrons. The van der Waals surface area contributed by atoms with Crippen molar-refractivity contribution in [2.45, 2.75) is 13.8 Å². The maximum Gasteiger partial charge on any atom is 0.296 e. The van der Waals surface area contributed by atoms with Gasteiger partial charge in [-0.1, -0.05) is 48.5 Å². The summed E-state index contributed by atoms with van der Waals surface area (Å²) in [4.78, 5) is 35.9. The third kappa shape index (κ3) is 3.55. The van der Waals surface area contributed by atoms with Crippen molar-refractivity contribution in [2.24, 2.45) is 7.05 Å². The maximum absolute atomic E-state index is 13.9. The van der Waals surface area contributed by atoms with Gasteiger partial charge in [0.25, 0.3) is 11.1 Å². The molecule has 7 heteroatoms. The Labute approximate surface area is 212 Å². The quantitative estimate of drug-likeness (QED) is 0.374. The third-order valence-electron chi connectivity index (χ3n) is 6.89. The average molecular weight is 488 g/mol. The minimum atomic E-state index is -0.289. The van der Waals surface area contributed by atoms with Crippen LogP contribution < -0.4 is 11.1 Å². The lowest BCUT2D eigenvalue weighted by molar-refractivity contribution is 0.630. The number of nitrogens with zero attached hydrogens (tertiary/aromatic N) is 4. The van der Waals surface area contributed by atoms with Crippen LogP contribution in [0.5, 0.6) is 0 Å². The van der Waals surface area contributed by atoms with Gasteiger partial charge in [0.1, 0.15) is 11.5 Å². The van der Waals surface area contributed by atoms with Crippen LogP contribution in [-0.4, -0.2) is 23.9 Å². The van der Waals surface area contributed by atoms with Crippen molar-refractivity contribution >= 4 is 34.0 Å². The van der Waals surface area contributed by atoms with Crippen molar-refractivity contribution in [2.75, 3.05) is 0 Å². The van der Waals surface area contributed by atoms with Gasteiger partial charge in [0.2, 0.25) is 0 Å². The van der Waals surface area contributed by atoms with E-state index in [1.807, 2.05) is 93.7 Å². The number of aromatic nitrogens is 5. The molecule has 0 amide bonds. The number of hydrogen-bond donors (Lipinski definition) is 1. The first-order valence-corrected chi connectivity index (χ1v) is 12.1. The summed E-state index contributed by atoms with van der Waals surface area (Å²) in [5.74, 6) is 0.388. The van der Waals surface area contributed by atoms with Crippen LogP contribution in [-0.2, 0) is 7.05 Å². The van der Waals surface area contributed by atoms with Gasteiger partial charge in [0, 0.05) is 29.2 Å². The van der Waals surface area contributed by atoms with Gasteiger partial charge in [0.15, 0.2) is 0 Å². The molecule has 0 bridgehead atoms. The molecule has 0 aliphatic carbocycles. The molecule has 6 rings (SSSR count). The van der Waals surface area contributed by atoms with Crippen LogP contribution >= 0.6 is 0 Å². The summed E-state index contributed by atoms with van der Waals surface area (Å²) >= 11 is 0. The van der Waals surface area contributed by atoms with Crippen LogP contribution in [0.4, 0.5) is 0 Å². The fourth-order valence-corrected chi connectivity index (χ4v) is 4.96. The van der Waals surface area contributed by atoms with E-state index in [1.54, 1.807) is 21.5 Å². The van der Waals surface area contributed by atoms with Crippen molar-refractivity contribution in [1.29, 1.82) is 0 Å². The van der Waals surface area contributed by atoms with E-state index in [9.17, 15) is 9.59 Å². The Kier molecular flexibility index (Phi) is 5.26. The van der Waals surface area contributed by atoms with E-state index in [0.29, 0.717) is 22.4 Å². The molecule has 3 aromatic heterocycles. The standard InChI is InChI=1S/C30H25N5O2/c1-19-22(23-13-7-9-15-25(23)31-19)17-18-27-32-26-16-10-8-14-24(26)29(36)34(27)28-20(2)33(3)35(30(28)37)21-11-5-4-6-12-21/h4-18,31H,1-3H3/b18-17+. The zero-order chi connectivity index (χ0) is 25.7. The number of rotatable bonds is 4. The predicted octanol–water partition coefficient (Wildman–Crippen LogP) is 5.14. The van der Waals surface area contributed by atoms with Crippen LogP contribution in [0.25, 0.3) is 45.3 Å². The summed E-state index contributed by atoms with van der Waals surface area (Å²) in [6.07, 6.45) is 3.77. The van der Waals surface area contributed by atoms with Crippen molar-refractivity contribution in [3.8, 4) is 11.4 Å². The predicted molar refractivity (Wildman–Crippen MR) is 149 cm³/mol. The highest BCUT2D eigenvalue weighted by Crippen LogP contribution is 2.24. The second kappa shape index (κ2) is 8.64. The Morgan fingerprint density at radius 1 is 0.784 bits per heavy atom. The Balaban J connectivity index is 1.64. The van der Waals surface area contributed by atoms with Crippen molar-refractivity contribution in [1.82, 2.24) is 23.9 Å². The highest BCUT2D eigenvalue weighted by Gasteiger charge is 2.22. The Bertz CT molecular complexity index is 1950. The normalized spacial score (nSPS) is 11.8. The molecular formula is C30H25N5O2. The van der Waals surface area contributed by atoms with Crippen LogP contribution in [0.15, 0.2) is 88.5 Å². The molecule has 0 spiro atoms. The zero-order valence-electron chi connectivity index (χ0n) is 20.8. The first-order chi connectivity index (χ1) is 18.0. The molecule has 0 saturated heterocycles. The summed E-state index contributed by atoms with van der Waals surface area (Å²) in [7, 11) is 1.82. The van der Waals surface area contributed by atoms with Gasteiger partial charge in [-0.2, -0.15) is 0 Å². The average Bonchev–Trinajstić information content (AvgIpc) is 3.35. The number of para-hydroxylation sites is 3. The van der Waals surface area contributed by atoms with Crippen LogP contribution in [0.2, 0.25) is 0 Å². The number of aryl methyl sites for hydroxylation is 1. The minimum absolute atomic E-state index is 0.282. The molecule has 3 heterocycles. The highest BCUT2D eigenvalue weighted by atomic mass is 16.1. The number of H-pyrrole nitrogens is 1. The minimum Gasteiger partial charge on any atom is -0.358 e.